The van der Waals surface area contributed by atoms with Crippen LogP contribution in [0.4, 0.5) is 4.79 Å². The fourth-order valence-electron chi connectivity index (χ4n) is 1.55. The molecule has 0 aliphatic heterocycles. The summed E-state index contributed by atoms with van der Waals surface area (Å²) in [5.74, 6) is -1.17. The van der Waals surface area contributed by atoms with Crippen LogP contribution in [-0.2, 0) is 18.3 Å². The molecule has 1 heterocycles. The van der Waals surface area contributed by atoms with E-state index in [1.54, 1.807) is 17.9 Å². The van der Waals surface area contributed by atoms with E-state index in [0.29, 0.717) is 13.0 Å². The summed E-state index contributed by atoms with van der Waals surface area (Å²) < 4.78 is 1.70. The standard InChI is InChI=1S/C11H18N4O4/c1-15-8(3-6-13-15)2-5-12-11(19)14-9(4-7-16)10(17)18/h3,6,9,16H,2,4-5,7H2,1H3,(H,17,18)(H2,12,14,19)/t9-/m1/s1. The molecular formula is C11H18N4O4. The number of hydrogen-bond acceptors (Lipinski definition) is 4. The molecule has 4 N–H and O–H groups in total. The van der Waals surface area contributed by atoms with Crippen molar-refractivity contribution in [2.45, 2.75) is 18.9 Å². The van der Waals surface area contributed by atoms with E-state index in [0.717, 1.165) is 5.69 Å². The summed E-state index contributed by atoms with van der Waals surface area (Å²) >= 11 is 0. The molecule has 0 spiro atoms. The molecule has 0 bridgehead atoms. The normalized spacial score (nSPS) is 11.9. The molecule has 2 amide bonds. The minimum atomic E-state index is -1.17. The van der Waals surface area contributed by atoms with Crippen LogP contribution in [0, 0.1) is 0 Å². The van der Waals surface area contributed by atoms with E-state index in [1.807, 2.05) is 6.07 Å². The SMILES string of the molecule is Cn1nccc1CCNC(=O)N[C@H](CCO)C(=O)O. The van der Waals surface area contributed by atoms with Gasteiger partial charge in [-0.15, -0.1) is 0 Å². The zero-order chi connectivity index (χ0) is 14.3. The van der Waals surface area contributed by atoms with Crippen LogP contribution in [0.5, 0.6) is 0 Å². The average molecular weight is 270 g/mol. The van der Waals surface area contributed by atoms with Crippen molar-refractivity contribution < 1.29 is 19.8 Å². The molecule has 0 fully saturated rings. The molecule has 0 aliphatic rings. The van der Waals surface area contributed by atoms with E-state index in [9.17, 15) is 9.59 Å². The van der Waals surface area contributed by atoms with Gasteiger partial charge in [0.05, 0.1) is 0 Å². The lowest BCUT2D eigenvalue weighted by Gasteiger charge is -2.13. The van der Waals surface area contributed by atoms with E-state index in [-0.39, 0.29) is 13.0 Å². The van der Waals surface area contributed by atoms with Gasteiger partial charge in [-0.25, -0.2) is 9.59 Å². The number of rotatable bonds is 7. The van der Waals surface area contributed by atoms with Gasteiger partial charge in [-0.3, -0.25) is 4.68 Å². The summed E-state index contributed by atoms with van der Waals surface area (Å²) in [5, 5.41) is 26.3. The predicted octanol–water partition coefficient (Wildman–Crippen LogP) is -0.903. The number of aromatic nitrogens is 2. The molecule has 0 aromatic carbocycles. The van der Waals surface area contributed by atoms with Gasteiger partial charge in [0.25, 0.3) is 0 Å². The third kappa shape index (κ3) is 4.96. The molecule has 1 rings (SSSR count). The van der Waals surface area contributed by atoms with Crippen molar-refractivity contribution in [2.24, 2.45) is 7.05 Å². The molecule has 8 heteroatoms. The van der Waals surface area contributed by atoms with E-state index in [1.165, 1.54) is 0 Å². The highest BCUT2D eigenvalue weighted by molar-refractivity contribution is 5.82. The van der Waals surface area contributed by atoms with Crippen LogP contribution < -0.4 is 10.6 Å². The first kappa shape index (κ1) is 15.0. The number of carboxylic acids is 1. The monoisotopic (exact) mass is 270 g/mol. The molecule has 0 saturated carbocycles. The third-order valence-electron chi connectivity index (χ3n) is 2.61. The smallest absolute Gasteiger partial charge is 0.326 e. The second-order valence-corrected chi connectivity index (χ2v) is 4.00. The van der Waals surface area contributed by atoms with Crippen LogP contribution in [-0.4, -0.2) is 51.2 Å². The van der Waals surface area contributed by atoms with E-state index in [2.05, 4.69) is 15.7 Å². The fourth-order valence-corrected chi connectivity index (χ4v) is 1.55. The van der Waals surface area contributed by atoms with Gasteiger partial charge >= 0.3 is 12.0 Å². The van der Waals surface area contributed by atoms with Gasteiger partial charge in [-0.2, -0.15) is 5.10 Å². The van der Waals surface area contributed by atoms with Crippen LogP contribution >= 0.6 is 0 Å². The average Bonchev–Trinajstić information content (AvgIpc) is 2.74. The van der Waals surface area contributed by atoms with Gasteiger partial charge in [0, 0.05) is 44.9 Å². The number of carbonyl (C=O) groups is 2. The maximum absolute atomic E-state index is 11.5. The number of amides is 2. The number of aliphatic hydroxyl groups is 1. The highest BCUT2D eigenvalue weighted by atomic mass is 16.4. The van der Waals surface area contributed by atoms with Gasteiger partial charge in [0.2, 0.25) is 0 Å². The number of nitrogens with one attached hydrogen (secondary N) is 2. The lowest BCUT2D eigenvalue weighted by molar-refractivity contribution is -0.139. The van der Waals surface area contributed by atoms with Gasteiger partial charge < -0.3 is 20.8 Å². The zero-order valence-corrected chi connectivity index (χ0v) is 10.7. The van der Waals surface area contributed by atoms with Crippen molar-refractivity contribution in [1.82, 2.24) is 20.4 Å². The molecule has 106 valence electrons. The van der Waals surface area contributed by atoms with Gasteiger partial charge in [0.1, 0.15) is 6.04 Å². The maximum atomic E-state index is 11.5. The summed E-state index contributed by atoms with van der Waals surface area (Å²) in [4.78, 5) is 22.2. The summed E-state index contributed by atoms with van der Waals surface area (Å²) in [6.07, 6.45) is 2.24. The number of nitrogens with zero attached hydrogens (tertiary/aromatic N) is 2. The summed E-state index contributed by atoms with van der Waals surface area (Å²) in [6, 6.07) is 0.190. The third-order valence-corrected chi connectivity index (χ3v) is 2.61. The molecule has 0 saturated heterocycles. The second-order valence-electron chi connectivity index (χ2n) is 4.00. The summed E-state index contributed by atoms with van der Waals surface area (Å²) in [7, 11) is 1.80. The van der Waals surface area contributed by atoms with Crippen LogP contribution in [0.3, 0.4) is 0 Å². The van der Waals surface area contributed by atoms with Crippen LogP contribution in [0.1, 0.15) is 12.1 Å². The van der Waals surface area contributed by atoms with Gasteiger partial charge in [-0.05, 0) is 6.07 Å². The molecule has 0 radical (unpaired) electrons. The highest BCUT2D eigenvalue weighted by Gasteiger charge is 2.18. The molecule has 19 heavy (non-hydrogen) atoms. The number of carbonyl (C=O) groups excluding carboxylic acids is 1. The quantitative estimate of drug-likeness (QED) is 0.512. The second kappa shape index (κ2) is 7.37. The summed E-state index contributed by atoms with van der Waals surface area (Å²) in [6.45, 7) is 0.0725. The Hall–Kier alpha value is -2.09. The molecule has 0 unspecified atom stereocenters. The minimum Gasteiger partial charge on any atom is -0.480 e. The first-order valence-electron chi connectivity index (χ1n) is 5.89. The van der Waals surface area contributed by atoms with Gasteiger partial charge in [-0.1, -0.05) is 0 Å². The van der Waals surface area contributed by atoms with Crippen molar-refractivity contribution in [3.05, 3.63) is 18.0 Å². The Morgan fingerprint density at radius 1 is 1.53 bits per heavy atom. The number of urea groups is 1. The number of aryl methyl sites for hydroxylation is 1. The first-order chi connectivity index (χ1) is 9.04. The van der Waals surface area contributed by atoms with E-state index in [4.69, 9.17) is 10.2 Å². The van der Waals surface area contributed by atoms with Crippen LogP contribution in [0.15, 0.2) is 12.3 Å². The Bertz CT molecular complexity index is 432. The lowest BCUT2D eigenvalue weighted by Crippen LogP contribution is -2.46. The molecule has 1 aromatic heterocycles. The van der Waals surface area contributed by atoms with Crippen molar-refractivity contribution in [2.75, 3.05) is 13.2 Å². The van der Waals surface area contributed by atoms with Gasteiger partial charge in [0.15, 0.2) is 0 Å². The molecule has 1 atom stereocenters. The van der Waals surface area contributed by atoms with Crippen molar-refractivity contribution in [3.8, 4) is 0 Å². The molecule has 1 aromatic rings. The number of hydrogen-bond donors (Lipinski definition) is 4. The Kier molecular flexibility index (Phi) is 5.80. The molecule has 8 nitrogen and oxygen atoms in total. The van der Waals surface area contributed by atoms with Crippen molar-refractivity contribution >= 4 is 12.0 Å². The zero-order valence-electron chi connectivity index (χ0n) is 10.7. The van der Waals surface area contributed by atoms with Crippen molar-refractivity contribution in [3.63, 3.8) is 0 Å². The topological polar surface area (TPSA) is 116 Å². The predicted molar refractivity (Wildman–Crippen MR) is 66.6 cm³/mol. The molecular weight excluding hydrogens is 252 g/mol. The summed E-state index contributed by atoms with van der Waals surface area (Å²) in [5.41, 5.74) is 0.963. The number of aliphatic hydroxyl groups excluding tert-OH is 1. The number of aliphatic carboxylic acids is 1. The highest BCUT2D eigenvalue weighted by Crippen LogP contribution is 1.96. The first-order valence-corrected chi connectivity index (χ1v) is 5.89. The van der Waals surface area contributed by atoms with Crippen LogP contribution in [0.2, 0.25) is 0 Å². The Morgan fingerprint density at radius 3 is 2.79 bits per heavy atom. The Labute approximate surface area is 110 Å². The Balaban J connectivity index is 2.31. The van der Waals surface area contributed by atoms with E-state index < -0.39 is 18.0 Å². The lowest BCUT2D eigenvalue weighted by atomic mass is 10.2. The van der Waals surface area contributed by atoms with Crippen molar-refractivity contribution in [1.29, 1.82) is 0 Å². The number of carboxylic acid groups (broad SMARTS) is 1. The van der Waals surface area contributed by atoms with E-state index >= 15 is 0 Å². The van der Waals surface area contributed by atoms with Crippen LogP contribution in [0.25, 0.3) is 0 Å². The molecule has 0 aliphatic carbocycles. The largest absolute Gasteiger partial charge is 0.480 e. The fraction of sp³-hybridized carbons (Fsp3) is 0.545. The Morgan fingerprint density at radius 2 is 2.26 bits per heavy atom. The maximum Gasteiger partial charge on any atom is 0.326 e. The minimum absolute atomic E-state index is 0.0233.